The Hall–Kier alpha value is -3.40. The summed E-state index contributed by atoms with van der Waals surface area (Å²) in [5.74, 6) is -1.83. The van der Waals surface area contributed by atoms with E-state index < -0.39 is 35.1 Å². The highest BCUT2D eigenvalue weighted by molar-refractivity contribution is 6.33. The number of carbonyl (C=O) groups excluding carboxylic acids is 2. The molecule has 0 bridgehead atoms. The number of nitro groups is 1. The third-order valence-corrected chi connectivity index (χ3v) is 3.74. The Balaban J connectivity index is 1.93. The Morgan fingerprint density at radius 2 is 1.93 bits per heavy atom. The van der Waals surface area contributed by atoms with Crippen LogP contribution in [-0.4, -0.2) is 23.4 Å². The number of anilines is 1. The molecule has 0 aliphatic heterocycles. The van der Waals surface area contributed by atoms with Crippen LogP contribution >= 0.6 is 11.6 Å². The molecule has 0 radical (unpaired) electrons. The molecule has 0 atom stereocenters. The van der Waals surface area contributed by atoms with Crippen molar-refractivity contribution >= 4 is 40.9 Å². The number of carbonyl (C=O) groups is 2. The molecule has 0 aromatic heterocycles. The maximum absolute atomic E-state index is 12.7. The lowest BCUT2D eigenvalue weighted by atomic mass is 10.2. The average Bonchev–Trinajstić information content (AvgIpc) is 2.65. The van der Waals surface area contributed by atoms with Crippen molar-refractivity contribution in [1.82, 2.24) is 0 Å². The quantitative estimate of drug-likeness (QED) is 0.317. The van der Waals surface area contributed by atoms with Crippen LogP contribution in [0.15, 0.2) is 48.5 Å². The zero-order valence-electron chi connectivity index (χ0n) is 14.4. The van der Waals surface area contributed by atoms with Gasteiger partial charge in [-0.3, -0.25) is 14.9 Å². The fraction of sp³-hybridized carbons (Fsp3) is 0.111. The number of amides is 1. The topological polar surface area (TPSA) is 98.5 Å². The molecule has 0 saturated heterocycles. The second-order valence-corrected chi connectivity index (χ2v) is 5.94. The van der Waals surface area contributed by atoms with Gasteiger partial charge in [0.15, 0.2) is 6.61 Å². The molecular formula is C18H12ClF3N2O5. The first-order valence-corrected chi connectivity index (χ1v) is 8.20. The number of halogens is 4. The van der Waals surface area contributed by atoms with E-state index in [1.165, 1.54) is 30.3 Å². The minimum Gasteiger partial charge on any atom is -0.452 e. The van der Waals surface area contributed by atoms with Crippen LogP contribution in [0.4, 0.5) is 24.5 Å². The van der Waals surface area contributed by atoms with Crippen molar-refractivity contribution in [1.29, 1.82) is 0 Å². The fourth-order valence-electron chi connectivity index (χ4n) is 2.07. The molecule has 0 aliphatic carbocycles. The van der Waals surface area contributed by atoms with Gasteiger partial charge in [-0.05, 0) is 29.8 Å². The number of hydrogen-bond acceptors (Lipinski definition) is 5. The normalized spacial score (nSPS) is 11.3. The monoisotopic (exact) mass is 428 g/mol. The average molecular weight is 429 g/mol. The number of nitro benzene ring substituents is 1. The van der Waals surface area contributed by atoms with Crippen molar-refractivity contribution in [3.8, 4) is 0 Å². The number of nitrogens with zero attached hydrogens (tertiary/aromatic N) is 1. The molecule has 152 valence electrons. The van der Waals surface area contributed by atoms with Crippen molar-refractivity contribution in [3.05, 3.63) is 74.8 Å². The molecule has 11 heteroatoms. The van der Waals surface area contributed by atoms with E-state index >= 15 is 0 Å². The van der Waals surface area contributed by atoms with Crippen LogP contribution in [0.2, 0.25) is 5.02 Å². The zero-order valence-corrected chi connectivity index (χ0v) is 15.2. The lowest BCUT2D eigenvalue weighted by Gasteiger charge is -2.11. The lowest BCUT2D eigenvalue weighted by molar-refractivity contribution is -0.384. The van der Waals surface area contributed by atoms with E-state index in [1.54, 1.807) is 0 Å². The fourth-order valence-corrected chi connectivity index (χ4v) is 2.24. The number of nitrogens with one attached hydrogen (secondary N) is 1. The predicted octanol–water partition coefficient (Wildman–Crippen LogP) is 4.46. The third kappa shape index (κ3) is 6.61. The second-order valence-electron chi connectivity index (χ2n) is 5.53. The smallest absolute Gasteiger partial charge is 0.416 e. The maximum atomic E-state index is 12.7. The highest BCUT2D eigenvalue weighted by Crippen LogP contribution is 2.33. The van der Waals surface area contributed by atoms with Gasteiger partial charge in [0.1, 0.15) is 0 Å². The van der Waals surface area contributed by atoms with Gasteiger partial charge in [0.25, 0.3) is 11.6 Å². The molecule has 0 unspecified atom stereocenters. The molecule has 1 N–H and O–H groups in total. The van der Waals surface area contributed by atoms with Gasteiger partial charge in [-0.1, -0.05) is 23.7 Å². The molecule has 1 amide bonds. The number of esters is 1. The molecule has 29 heavy (non-hydrogen) atoms. The SMILES string of the molecule is O=C(COC(=O)/C=C/c1cccc([N+](=O)[O-])c1)Nc1cc(C(F)(F)F)ccc1Cl. The van der Waals surface area contributed by atoms with Gasteiger partial charge in [0.05, 0.1) is 21.2 Å². The molecule has 0 aliphatic rings. The van der Waals surface area contributed by atoms with Crippen molar-refractivity contribution < 1.29 is 32.4 Å². The summed E-state index contributed by atoms with van der Waals surface area (Å²) in [5, 5.41) is 12.7. The van der Waals surface area contributed by atoms with E-state index in [-0.39, 0.29) is 16.4 Å². The van der Waals surface area contributed by atoms with Crippen molar-refractivity contribution in [2.45, 2.75) is 6.18 Å². The lowest BCUT2D eigenvalue weighted by Crippen LogP contribution is -2.20. The molecule has 0 heterocycles. The summed E-state index contributed by atoms with van der Waals surface area (Å²) >= 11 is 5.76. The molecule has 2 aromatic rings. The van der Waals surface area contributed by atoms with Gasteiger partial charge in [-0.25, -0.2) is 4.79 Å². The molecule has 0 fully saturated rings. The Bertz CT molecular complexity index is 976. The Morgan fingerprint density at radius 3 is 2.59 bits per heavy atom. The first-order valence-electron chi connectivity index (χ1n) is 7.82. The van der Waals surface area contributed by atoms with Crippen molar-refractivity contribution in [2.24, 2.45) is 0 Å². The number of rotatable bonds is 6. The maximum Gasteiger partial charge on any atom is 0.416 e. The molecule has 2 aromatic carbocycles. The Morgan fingerprint density at radius 1 is 1.21 bits per heavy atom. The summed E-state index contributed by atoms with van der Waals surface area (Å²) in [4.78, 5) is 33.5. The Labute approximate surface area is 166 Å². The number of hydrogen-bond donors (Lipinski definition) is 1. The summed E-state index contributed by atoms with van der Waals surface area (Å²) in [6, 6.07) is 7.84. The Kier molecular flexibility index (Phi) is 6.94. The summed E-state index contributed by atoms with van der Waals surface area (Å²) in [6.07, 6.45) is -2.42. The van der Waals surface area contributed by atoms with Crippen LogP contribution in [-0.2, 0) is 20.5 Å². The van der Waals surface area contributed by atoms with Crippen molar-refractivity contribution in [2.75, 3.05) is 11.9 Å². The van der Waals surface area contributed by atoms with E-state index in [0.717, 1.165) is 18.2 Å². The van der Waals surface area contributed by atoms with E-state index in [4.69, 9.17) is 11.6 Å². The summed E-state index contributed by atoms with van der Waals surface area (Å²) < 4.78 is 42.8. The highest BCUT2D eigenvalue weighted by Gasteiger charge is 2.31. The number of non-ortho nitro benzene ring substituents is 1. The number of ether oxygens (including phenoxy) is 1. The number of benzene rings is 2. The number of alkyl halides is 3. The molecular weight excluding hydrogens is 417 g/mol. The van der Waals surface area contributed by atoms with E-state index in [0.29, 0.717) is 11.6 Å². The first-order chi connectivity index (χ1) is 13.6. The van der Waals surface area contributed by atoms with Gasteiger partial charge in [-0.2, -0.15) is 13.2 Å². The van der Waals surface area contributed by atoms with Gasteiger partial charge in [0.2, 0.25) is 0 Å². The van der Waals surface area contributed by atoms with Gasteiger partial charge in [-0.15, -0.1) is 0 Å². The second kappa shape index (κ2) is 9.20. The van der Waals surface area contributed by atoms with Gasteiger partial charge >= 0.3 is 12.1 Å². The van der Waals surface area contributed by atoms with Gasteiger partial charge in [0, 0.05) is 18.2 Å². The van der Waals surface area contributed by atoms with Crippen LogP contribution < -0.4 is 5.32 Å². The van der Waals surface area contributed by atoms with Crippen LogP contribution in [0.3, 0.4) is 0 Å². The molecule has 7 nitrogen and oxygen atoms in total. The van der Waals surface area contributed by atoms with Gasteiger partial charge < -0.3 is 10.1 Å². The summed E-state index contributed by atoms with van der Waals surface area (Å²) in [7, 11) is 0. The van der Waals surface area contributed by atoms with E-state index in [2.05, 4.69) is 10.1 Å². The summed E-state index contributed by atoms with van der Waals surface area (Å²) in [6.45, 7) is -0.773. The largest absolute Gasteiger partial charge is 0.452 e. The zero-order chi connectivity index (χ0) is 21.6. The van der Waals surface area contributed by atoms with Crippen LogP contribution in [0.5, 0.6) is 0 Å². The minimum atomic E-state index is -4.62. The molecule has 0 spiro atoms. The molecule has 0 saturated carbocycles. The minimum absolute atomic E-state index is 0.122. The van der Waals surface area contributed by atoms with Crippen LogP contribution in [0, 0.1) is 10.1 Å². The first kappa shape index (κ1) is 21.9. The van der Waals surface area contributed by atoms with E-state index in [1.807, 2.05) is 0 Å². The standard InChI is InChI=1S/C18H12ClF3N2O5/c19-14-6-5-12(18(20,21)22)9-15(14)23-16(25)10-29-17(26)7-4-11-2-1-3-13(8-11)24(27)28/h1-9H,10H2,(H,23,25)/b7-4+. The van der Waals surface area contributed by atoms with E-state index in [9.17, 15) is 32.9 Å². The van der Waals surface area contributed by atoms with Crippen molar-refractivity contribution in [3.63, 3.8) is 0 Å². The molecule has 2 rings (SSSR count). The highest BCUT2D eigenvalue weighted by atomic mass is 35.5. The van der Waals surface area contributed by atoms with Crippen LogP contribution in [0.25, 0.3) is 6.08 Å². The van der Waals surface area contributed by atoms with Crippen LogP contribution in [0.1, 0.15) is 11.1 Å². The summed E-state index contributed by atoms with van der Waals surface area (Å²) in [5.41, 5.74) is -1.10. The predicted molar refractivity (Wildman–Crippen MR) is 98.2 cm³/mol. The third-order valence-electron chi connectivity index (χ3n) is 3.41.